The van der Waals surface area contributed by atoms with Crippen molar-refractivity contribution in [3.63, 3.8) is 0 Å². The van der Waals surface area contributed by atoms with Gasteiger partial charge in [-0.3, -0.25) is 4.79 Å². The largest absolute Gasteiger partial charge is 0.483 e. The van der Waals surface area contributed by atoms with Gasteiger partial charge in [-0.25, -0.2) is 0 Å². The fraction of sp³-hybridized carbons (Fsp3) is 0.774. The van der Waals surface area contributed by atoms with Crippen LogP contribution in [0, 0.1) is 11.3 Å². The van der Waals surface area contributed by atoms with Crippen molar-refractivity contribution >= 4 is 11.6 Å². The Hall–Kier alpha value is -1.87. The van der Waals surface area contributed by atoms with Crippen LogP contribution in [0.25, 0.3) is 0 Å². The molecule has 2 N–H and O–H groups in total. The summed E-state index contributed by atoms with van der Waals surface area (Å²) in [6, 6.07) is 6.86. The van der Waals surface area contributed by atoms with Gasteiger partial charge in [0.1, 0.15) is 11.4 Å². The Morgan fingerprint density at radius 2 is 2.03 bits per heavy atom. The third kappa shape index (κ3) is 7.66. The van der Waals surface area contributed by atoms with Crippen LogP contribution in [-0.2, 0) is 25.6 Å². The zero-order valence-electron chi connectivity index (χ0n) is 24.3. The van der Waals surface area contributed by atoms with E-state index in [1.165, 1.54) is 11.3 Å². The number of nitrogens with one attached hydrogen (secondary N) is 2. The van der Waals surface area contributed by atoms with Crippen LogP contribution in [0.3, 0.4) is 0 Å². The van der Waals surface area contributed by atoms with Crippen molar-refractivity contribution in [3.05, 3.63) is 23.8 Å². The summed E-state index contributed by atoms with van der Waals surface area (Å²) in [6.45, 7) is 10.7. The van der Waals surface area contributed by atoms with Gasteiger partial charge in [-0.1, -0.05) is 19.9 Å². The molecule has 218 valence electrons. The summed E-state index contributed by atoms with van der Waals surface area (Å²) in [4.78, 5) is 15.4. The maximum atomic E-state index is 12.9. The average molecular weight is 544 g/mol. The molecule has 1 saturated carbocycles. The summed E-state index contributed by atoms with van der Waals surface area (Å²) in [5.41, 5.74) is 2.01. The van der Waals surface area contributed by atoms with Crippen LogP contribution in [0.15, 0.2) is 18.2 Å². The number of fused-ring (bicyclic) bond motifs is 1. The van der Waals surface area contributed by atoms with Gasteiger partial charge in [-0.15, -0.1) is 0 Å². The minimum Gasteiger partial charge on any atom is -0.483 e. The lowest BCUT2D eigenvalue weighted by Gasteiger charge is -2.37. The number of amides is 1. The second-order valence-electron chi connectivity index (χ2n) is 12.8. The van der Waals surface area contributed by atoms with Crippen molar-refractivity contribution in [3.8, 4) is 5.75 Å². The maximum Gasteiger partial charge on any atom is 0.225 e. The lowest BCUT2D eigenvalue weighted by atomic mass is 9.82. The molecular weight excluding hydrogens is 494 g/mol. The van der Waals surface area contributed by atoms with Gasteiger partial charge in [0.15, 0.2) is 0 Å². The molecule has 8 nitrogen and oxygen atoms in total. The summed E-state index contributed by atoms with van der Waals surface area (Å²) in [5, 5.41) is 6.87. The molecule has 2 saturated heterocycles. The van der Waals surface area contributed by atoms with E-state index < -0.39 is 5.41 Å². The summed E-state index contributed by atoms with van der Waals surface area (Å²) in [6.07, 6.45) is 8.44. The number of hydrogen-bond acceptors (Lipinski definition) is 7. The van der Waals surface area contributed by atoms with Crippen molar-refractivity contribution < 1.29 is 23.7 Å². The highest BCUT2D eigenvalue weighted by molar-refractivity contribution is 5.81. The van der Waals surface area contributed by atoms with Crippen molar-refractivity contribution in [1.82, 2.24) is 10.6 Å². The molecule has 3 heterocycles. The second-order valence-corrected chi connectivity index (χ2v) is 12.8. The van der Waals surface area contributed by atoms with Gasteiger partial charge in [-0.05, 0) is 75.0 Å². The minimum absolute atomic E-state index is 0.0302. The van der Waals surface area contributed by atoms with Crippen LogP contribution in [0.4, 0.5) is 5.69 Å². The van der Waals surface area contributed by atoms with Gasteiger partial charge in [0.2, 0.25) is 5.91 Å². The first-order valence-corrected chi connectivity index (χ1v) is 15.1. The fourth-order valence-electron chi connectivity index (χ4n) is 6.24. The first-order chi connectivity index (χ1) is 18.9. The molecular formula is C31H49N3O5. The van der Waals surface area contributed by atoms with E-state index in [2.05, 4.69) is 47.6 Å². The summed E-state index contributed by atoms with van der Waals surface area (Å²) in [7, 11) is 1.76. The Morgan fingerprint density at radius 3 is 2.74 bits per heavy atom. The van der Waals surface area contributed by atoms with Gasteiger partial charge >= 0.3 is 0 Å². The molecule has 0 aromatic heterocycles. The molecule has 1 amide bonds. The minimum atomic E-state index is -0.393. The summed E-state index contributed by atoms with van der Waals surface area (Å²) in [5.74, 6) is 1.70. The molecule has 0 radical (unpaired) electrons. The van der Waals surface area contributed by atoms with Gasteiger partial charge in [0.05, 0.1) is 24.9 Å². The molecule has 1 aromatic rings. The Balaban J connectivity index is 1.06. The number of nitrogens with zero attached hydrogens (tertiary/aromatic N) is 1. The average Bonchev–Trinajstić information content (AvgIpc) is 3.69. The number of hydrogen-bond donors (Lipinski definition) is 2. The van der Waals surface area contributed by atoms with Crippen LogP contribution in [0.5, 0.6) is 5.75 Å². The molecule has 1 aliphatic carbocycles. The molecule has 8 heteroatoms. The van der Waals surface area contributed by atoms with E-state index in [9.17, 15) is 4.79 Å². The molecule has 2 atom stereocenters. The lowest BCUT2D eigenvalue weighted by molar-refractivity contribution is -0.130. The van der Waals surface area contributed by atoms with E-state index in [1.54, 1.807) is 7.11 Å². The Morgan fingerprint density at radius 1 is 1.21 bits per heavy atom. The summed E-state index contributed by atoms with van der Waals surface area (Å²) >= 11 is 0. The summed E-state index contributed by atoms with van der Waals surface area (Å²) < 4.78 is 23.4. The van der Waals surface area contributed by atoms with Crippen LogP contribution in [-0.4, -0.2) is 76.8 Å². The standard InChI is InChI=1S/C31H49N3O5/c1-30(2,29(35)33-19-23-9-15-37-16-10-23)18-25-6-7-26(20-32-25)38-21-24-5-8-28-27(17-24)34(13-4-14-36-3)22-31(39-28)11-12-31/h5,8,17,23,25-26,32H,4,6-7,9-16,18-22H2,1-3H3,(H,33,35)/t25?,26-/m1/s1. The Bertz CT molecular complexity index is 952. The molecule has 3 aliphatic heterocycles. The maximum absolute atomic E-state index is 12.9. The number of carbonyl (C=O) groups is 1. The molecule has 0 bridgehead atoms. The molecule has 39 heavy (non-hydrogen) atoms. The van der Waals surface area contributed by atoms with Crippen LogP contribution >= 0.6 is 0 Å². The third-order valence-electron chi connectivity index (χ3n) is 8.97. The molecule has 3 fully saturated rings. The van der Waals surface area contributed by atoms with Crippen molar-refractivity contribution in [1.29, 1.82) is 0 Å². The number of benzene rings is 1. The van der Waals surface area contributed by atoms with E-state index in [-0.39, 0.29) is 17.6 Å². The quantitative estimate of drug-likeness (QED) is 0.385. The molecule has 5 rings (SSSR count). The number of methoxy groups -OCH3 is 1. The first kappa shape index (κ1) is 28.7. The van der Waals surface area contributed by atoms with E-state index >= 15 is 0 Å². The Labute approximate surface area is 234 Å². The molecule has 4 aliphatic rings. The lowest BCUT2D eigenvalue weighted by Crippen LogP contribution is -2.48. The molecule has 1 spiro atoms. The monoisotopic (exact) mass is 543 g/mol. The molecule has 1 aromatic carbocycles. The van der Waals surface area contributed by atoms with Crippen molar-refractivity contribution in [2.45, 2.75) is 89.6 Å². The van der Waals surface area contributed by atoms with Crippen molar-refractivity contribution in [2.24, 2.45) is 11.3 Å². The number of ether oxygens (including phenoxy) is 4. The van der Waals surface area contributed by atoms with Crippen LogP contribution in [0.1, 0.15) is 70.8 Å². The predicted molar refractivity (Wildman–Crippen MR) is 152 cm³/mol. The van der Waals surface area contributed by atoms with Gasteiger partial charge in [0, 0.05) is 58.0 Å². The Kier molecular flexibility index (Phi) is 9.37. The second kappa shape index (κ2) is 12.8. The van der Waals surface area contributed by atoms with E-state index in [0.29, 0.717) is 18.6 Å². The van der Waals surface area contributed by atoms with Gasteiger partial charge < -0.3 is 34.5 Å². The van der Waals surface area contributed by atoms with Crippen molar-refractivity contribution in [2.75, 3.05) is 58.0 Å². The third-order valence-corrected chi connectivity index (χ3v) is 8.97. The zero-order chi connectivity index (χ0) is 27.3. The topological polar surface area (TPSA) is 81.3 Å². The van der Waals surface area contributed by atoms with Crippen LogP contribution < -0.4 is 20.3 Å². The first-order valence-electron chi connectivity index (χ1n) is 15.1. The van der Waals surface area contributed by atoms with Crippen LogP contribution in [0.2, 0.25) is 0 Å². The van der Waals surface area contributed by atoms with Gasteiger partial charge in [0.25, 0.3) is 0 Å². The van der Waals surface area contributed by atoms with Gasteiger partial charge in [-0.2, -0.15) is 0 Å². The van der Waals surface area contributed by atoms with E-state index in [4.69, 9.17) is 18.9 Å². The number of piperidine rings is 1. The number of carbonyl (C=O) groups excluding carboxylic acids is 1. The smallest absolute Gasteiger partial charge is 0.225 e. The normalized spacial score (nSPS) is 24.7. The number of anilines is 1. The number of rotatable bonds is 12. The highest BCUT2D eigenvalue weighted by atomic mass is 16.5. The van der Waals surface area contributed by atoms with E-state index in [0.717, 1.165) is 103 Å². The fourth-order valence-corrected chi connectivity index (χ4v) is 6.24. The van der Waals surface area contributed by atoms with E-state index in [1.807, 2.05) is 0 Å². The SMILES string of the molecule is COCCCN1CC2(CC2)Oc2ccc(CO[C@@H]3CCC(CC(C)(C)C(=O)NCC4CCOCC4)NC3)cc21. The molecule has 1 unspecified atom stereocenters. The predicted octanol–water partition coefficient (Wildman–Crippen LogP) is 4.05. The highest BCUT2D eigenvalue weighted by Gasteiger charge is 2.50. The highest BCUT2D eigenvalue weighted by Crippen LogP contribution is 2.48. The zero-order valence-corrected chi connectivity index (χ0v) is 24.3.